The third-order valence-electron chi connectivity index (χ3n) is 5.60. The lowest BCUT2D eigenvalue weighted by atomic mass is 9.96. The van der Waals surface area contributed by atoms with Crippen LogP contribution in [0.4, 0.5) is 16.2 Å². The Morgan fingerprint density at radius 2 is 1.93 bits per heavy atom. The molecule has 8 nitrogen and oxygen atoms in total. The molecule has 1 saturated heterocycles. The van der Waals surface area contributed by atoms with Crippen LogP contribution in [0.2, 0.25) is 0 Å². The maximum absolute atomic E-state index is 12.6. The minimum atomic E-state index is -0.941. The first-order valence-electron chi connectivity index (χ1n) is 9.51. The van der Waals surface area contributed by atoms with E-state index in [0.29, 0.717) is 24.3 Å². The van der Waals surface area contributed by atoms with Crippen molar-refractivity contribution < 1.29 is 22.0 Å². The van der Waals surface area contributed by atoms with Gasteiger partial charge in [-0.25, -0.2) is 4.79 Å². The third-order valence-corrected chi connectivity index (χ3v) is 6.65. The van der Waals surface area contributed by atoms with Crippen LogP contribution < -0.4 is 20.9 Å². The number of nitrogens with zero attached hydrogens (tertiary/aromatic N) is 1. The molecule has 1 atom stereocenters. The summed E-state index contributed by atoms with van der Waals surface area (Å²) in [5, 5.41) is 7.85. The number of fused-ring (bicyclic) bond motifs is 2. The topological polar surface area (TPSA) is 108 Å². The summed E-state index contributed by atoms with van der Waals surface area (Å²) in [6.45, 7) is -0.0735. The lowest BCUT2D eigenvalue weighted by Crippen LogP contribution is -2.47. The predicted octanol–water partition coefficient (Wildman–Crippen LogP) is 1.93. The van der Waals surface area contributed by atoms with Gasteiger partial charge >= 0.3 is 6.03 Å². The maximum Gasteiger partial charge on any atom is 0.322 e. The highest BCUT2D eigenvalue weighted by atomic mass is 32.2. The number of imide groups is 1. The zero-order chi connectivity index (χ0) is 20.9. The van der Waals surface area contributed by atoms with Gasteiger partial charge in [-0.1, -0.05) is 18.2 Å². The van der Waals surface area contributed by atoms with Gasteiger partial charge in [0, 0.05) is 26.3 Å². The van der Waals surface area contributed by atoms with Gasteiger partial charge in [0.25, 0.3) is 5.91 Å². The molecule has 9 heteroatoms. The highest BCUT2D eigenvalue weighted by Crippen LogP contribution is 2.35. The minimum absolute atomic E-state index is 0. The van der Waals surface area contributed by atoms with Crippen molar-refractivity contribution in [2.24, 2.45) is 0 Å². The summed E-state index contributed by atoms with van der Waals surface area (Å²) >= 11 is 1.47. The molecule has 5 amide bonds. The molecule has 2 aromatic carbocycles. The Bertz CT molecular complexity index is 1130. The summed E-state index contributed by atoms with van der Waals surface area (Å²) in [7, 11) is 0. The number of para-hydroxylation sites is 1. The van der Waals surface area contributed by atoms with Gasteiger partial charge in [0.15, 0.2) is 0 Å². The van der Waals surface area contributed by atoms with Gasteiger partial charge in [-0.3, -0.25) is 19.7 Å². The predicted molar refractivity (Wildman–Crippen MR) is 116 cm³/mol. The first-order chi connectivity index (χ1) is 14.4. The van der Waals surface area contributed by atoms with E-state index in [1.165, 1.54) is 16.7 Å². The van der Waals surface area contributed by atoms with E-state index in [-0.39, 0.29) is 27.1 Å². The molecule has 1 spiro atoms. The van der Waals surface area contributed by atoms with E-state index in [4.69, 9.17) is 0 Å². The molecule has 2 aromatic rings. The van der Waals surface area contributed by atoms with Gasteiger partial charge in [0.2, 0.25) is 11.8 Å². The fourth-order valence-electron chi connectivity index (χ4n) is 4.20. The van der Waals surface area contributed by atoms with Crippen molar-refractivity contribution in [1.29, 1.82) is 0 Å². The summed E-state index contributed by atoms with van der Waals surface area (Å²) in [4.78, 5) is 51.2. The van der Waals surface area contributed by atoms with Crippen LogP contribution in [-0.2, 0) is 27.2 Å². The van der Waals surface area contributed by atoms with E-state index < -0.39 is 11.6 Å². The Morgan fingerprint density at radius 3 is 2.73 bits per heavy atom. The summed E-state index contributed by atoms with van der Waals surface area (Å²) in [5.74, 6) is -0.425. The Morgan fingerprint density at radius 1 is 1.13 bits per heavy atom. The van der Waals surface area contributed by atoms with Crippen LogP contribution in [0.5, 0.6) is 0 Å². The standard InChI is InChI=1S/C21H18N4O4S.2H2/c26-17(10-25-15-3-1-2-4-16(15)30-11-18(25)27)22-14-6-5-12-8-21(9-13(12)7-14)19(28)23-20(29)24-21;;/h1-7H,8-11H2,(H,22,26)(H2,23,24,28,29);2*1H. The van der Waals surface area contributed by atoms with Crippen molar-refractivity contribution in [3.05, 3.63) is 53.6 Å². The SMILES string of the molecule is O=C(CN1C(=O)CSc2ccccc21)Nc1ccc2c(c1)CC1(C2)NC(=O)NC1=O.[HH].[HH]. The lowest BCUT2D eigenvalue weighted by Gasteiger charge is -2.28. The normalized spacial score (nSPS) is 21.9. The largest absolute Gasteiger partial charge is 0.325 e. The second-order valence-corrected chi connectivity index (χ2v) is 8.63. The number of benzene rings is 2. The number of hydrogen-bond acceptors (Lipinski definition) is 5. The van der Waals surface area contributed by atoms with Crippen molar-refractivity contribution in [2.75, 3.05) is 22.5 Å². The molecule has 1 fully saturated rings. The van der Waals surface area contributed by atoms with Gasteiger partial charge in [0.1, 0.15) is 12.1 Å². The monoisotopic (exact) mass is 426 g/mol. The number of amides is 5. The average molecular weight is 426 g/mol. The average Bonchev–Trinajstić information content (AvgIpc) is 3.21. The molecule has 2 heterocycles. The molecule has 30 heavy (non-hydrogen) atoms. The third kappa shape index (κ3) is 3.11. The Hall–Kier alpha value is -3.33. The van der Waals surface area contributed by atoms with Crippen molar-refractivity contribution in [2.45, 2.75) is 23.3 Å². The molecular formula is C21H22N4O4S. The molecule has 3 N–H and O–H groups in total. The van der Waals surface area contributed by atoms with Crippen LogP contribution in [0.25, 0.3) is 0 Å². The van der Waals surface area contributed by atoms with Crippen molar-refractivity contribution >= 4 is 46.9 Å². The van der Waals surface area contributed by atoms with Crippen LogP contribution in [-0.4, -0.2) is 41.6 Å². The molecular weight excluding hydrogens is 404 g/mol. The Labute approximate surface area is 179 Å². The van der Waals surface area contributed by atoms with Gasteiger partial charge in [-0.2, -0.15) is 0 Å². The molecule has 1 unspecified atom stereocenters. The number of anilines is 2. The molecule has 0 aromatic heterocycles. The molecule has 0 radical (unpaired) electrons. The van der Waals surface area contributed by atoms with E-state index in [2.05, 4.69) is 16.0 Å². The molecule has 2 aliphatic heterocycles. The first kappa shape index (κ1) is 18.7. The number of rotatable bonds is 3. The molecule has 156 valence electrons. The van der Waals surface area contributed by atoms with Crippen LogP contribution >= 0.6 is 11.8 Å². The van der Waals surface area contributed by atoms with E-state index >= 15 is 0 Å². The highest BCUT2D eigenvalue weighted by Gasteiger charge is 2.50. The van der Waals surface area contributed by atoms with Crippen molar-refractivity contribution in [3.8, 4) is 0 Å². The number of carbonyl (C=O) groups excluding carboxylic acids is 4. The smallest absolute Gasteiger partial charge is 0.322 e. The fourth-order valence-corrected chi connectivity index (χ4v) is 5.14. The second kappa shape index (κ2) is 6.88. The number of urea groups is 1. The van der Waals surface area contributed by atoms with E-state index in [1.54, 1.807) is 6.07 Å². The number of nitrogens with one attached hydrogen (secondary N) is 3. The first-order valence-corrected chi connectivity index (χ1v) is 10.5. The van der Waals surface area contributed by atoms with Crippen LogP contribution in [0.3, 0.4) is 0 Å². The molecule has 1 aliphatic carbocycles. The fraction of sp³-hybridized carbons (Fsp3) is 0.238. The maximum atomic E-state index is 12.6. The van der Waals surface area contributed by atoms with Crippen molar-refractivity contribution in [3.63, 3.8) is 0 Å². The number of carbonyl (C=O) groups is 4. The zero-order valence-corrected chi connectivity index (χ0v) is 16.7. The summed E-state index contributed by atoms with van der Waals surface area (Å²) in [6, 6.07) is 12.5. The number of hydrogen-bond donors (Lipinski definition) is 3. The molecule has 3 aliphatic rings. The summed E-state index contributed by atoms with van der Waals surface area (Å²) in [6.07, 6.45) is 0.795. The van der Waals surface area contributed by atoms with E-state index in [0.717, 1.165) is 21.7 Å². The molecule has 5 rings (SSSR count). The van der Waals surface area contributed by atoms with Gasteiger partial charge < -0.3 is 15.5 Å². The minimum Gasteiger partial charge on any atom is -0.325 e. The zero-order valence-electron chi connectivity index (χ0n) is 15.9. The Balaban J connectivity index is 0.00000144. The second-order valence-electron chi connectivity index (χ2n) is 7.61. The van der Waals surface area contributed by atoms with Crippen LogP contribution in [0.1, 0.15) is 14.0 Å². The Kier molecular flexibility index (Phi) is 4.28. The van der Waals surface area contributed by atoms with Crippen LogP contribution in [0.15, 0.2) is 47.4 Å². The van der Waals surface area contributed by atoms with E-state index in [1.807, 2.05) is 36.4 Å². The van der Waals surface area contributed by atoms with Crippen molar-refractivity contribution in [1.82, 2.24) is 10.6 Å². The van der Waals surface area contributed by atoms with Crippen LogP contribution in [0, 0.1) is 0 Å². The van der Waals surface area contributed by atoms with E-state index in [9.17, 15) is 19.2 Å². The quantitative estimate of drug-likeness (QED) is 0.650. The summed E-state index contributed by atoms with van der Waals surface area (Å²) < 4.78 is 0. The molecule has 0 bridgehead atoms. The van der Waals surface area contributed by atoms with Gasteiger partial charge in [-0.15, -0.1) is 11.8 Å². The number of thioether (sulfide) groups is 1. The highest BCUT2D eigenvalue weighted by molar-refractivity contribution is 8.00. The summed E-state index contributed by atoms with van der Waals surface area (Å²) in [5.41, 5.74) is 2.26. The van der Waals surface area contributed by atoms with Gasteiger partial charge in [0.05, 0.1) is 11.4 Å². The van der Waals surface area contributed by atoms with Gasteiger partial charge in [-0.05, 0) is 35.4 Å². The lowest BCUT2D eigenvalue weighted by molar-refractivity contribution is -0.123. The molecule has 0 saturated carbocycles.